The monoisotopic (exact) mass is 299 g/mol. The Kier molecular flexibility index (Phi) is 3.35. The van der Waals surface area contributed by atoms with Crippen LogP contribution in [0.5, 0.6) is 11.5 Å². The van der Waals surface area contributed by atoms with E-state index in [0.717, 1.165) is 11.1 Å². The van der Waals surface area contributed by atoms with E-state index in [-0.39, 0.29) is 12.6 Å². The Morgan fingerprint density at radius 3 is 2.65 bits per heavy atom. The van der Waals surface area contributed by atoms with E-state index in [1.807, 2.05) is 12.1 Å². The molecule has 2 heterocycles. The maximum atomic E-state index is 12.0. The zero-order chi connectivity index (χ0) is 14.3. The molecule has 0 saturated carbocycles. The lowest BCUT2D eigenvalue weighted by molar-refractivity contribution is 0.159. The summed E-state index contributed by atoms with van der Waals surface area (Å²) in [6.45, 7) is 0.659. The molecule has 0 spiro atoms. The summed E-state index contributed by atoms with van der Waals surface area (Å²) >= 11 is 0. The summed E-state index contributed by atoms with van der Waals surface area (Å²) in [6, 6.07) is 3.65. The summed E-state index contributed by atoms with van der Waals surface area (Å²) in [6.07, 6.45) is 1.30. The highest BCUT2D eigenvalue weighted by atomic mass is 32.2. The molecule has 20 heavy (non-hydrogen) atoms. The second kappa shape index (κ2) is 4.91. The molecule has 1 saturated heterocycles. The van der Waals surface area contributed by atoms with Crippen molar-refractivity contribution < 1.29 is 22.1 Å². The number of ether oxygens (including phenoxy) is 2. The van der Waals surface area contributed by atoms with Gasteiger partial charge < -0.3 is 9.47 Å². The first-order chi connectivity index (χ1) is 9.56. The standard InChI is InChI=1S/C13H17NO5S/c1-17-12-7-9-3-5-14-11(4-6-19-20(14,15)16)10(9)8-13(12)18-2/h7-8,11H,3-6H2,1-2H3/t11-/m1/s1. The minimum absolute atomic E-state index is 0.169. The smallest absolute Gasteiger partial charge is 0.338 e. The number of fused-ring (bicyclic) bond motifs is 3. The average molecular weight is 299 g/mol. The van der Waals surface area contributed by atoms with Crippen molar-refractivity contribution in [2.75, 3.05) is 27.4 Å². The van der Waals surface area contributed by atoms with Crippen LogP contribution in [0.25, 0.3) is 0 Å². The van der Waals surface area contributed by atoms with Crippen LogP contribution in [0.15, 0.2) is 12.1 Å². The van der Waals surface area contributed by atoms with Gasteiger partial charge in [-0.15, -0.1) is 0 Å². The van der Waals surface area contributed by atoms with Crippen molar-refractivity contribution in [2.45, 2.75) is 18.9 Å². The van der Waals surface area contributed by atoms with E-state index in [2.05, 4.69) is 0 Å². The van der Waals surface area contributed by atoms with Crippen LogP contribution in [0.3, 0.4) is 0 Å². The molecule has 0 N–H and O–H groups in total. The fourth-order valence-electron chi connectivity index (χ4n) is 2.91. The Morgan fingerprint density at radius 2 is 1.95 bits per heavy atom. The second-order valence-corrected chi connectivity index (χ2v) is 6.41. The van der Waals surface area contributed by atoms with Crippen LogP contribution in [0, 0.1) is 0 Å². The molecular formula is C13H17NO5S. The third-order valence-corrected chi connectivity index (χ3v) is 5.34. The zero-order valence-corrected chi connectivity index (χ0v) is 12.3. The van der Waals surface area contributed by atoms with Gasteiger partial charge in [-0.1, -0.05) is 0 Å². The van der Waals surface area contributed by atoms with Gasteiger partial charge in [0.25, 0.3) is 0 Å². The van der Waals surface area contributed by atoms with Gasteiger partial charge in [-0.2, -0.15) is 12.7 Å². The maximum absolute atomic E-state index is 12.0. The van der Waals surface area contributed by atoms with Gasteiger partial charge in [-0.3, -0.25) is 4.18 Å². The molecule has 0 unspecified atom stereocenters. The zero-order valence-electron chi connectivity index (χ0n) is 11.5. The minimum Gasteiger partial charge on any atom is -0.493 e. The number of methoxy groups -OCH3 is 2. The molecule has 110 valence electrons. The number of nitrogens with zero attached hydrogens (tertiary/aromatic N) is 1. The lowest BCUT2D eigenvalue weighted by Gasteiger charge is -2.39. The highest BCUT2D eigenvalue weighted by Gasteiger charge is 2.40. The van der Waals surface area contributed by atoms with Crippen LogP contribution in [0.4, 0.5) is 0 Å². The summed E-state index contributed by atoms with van der Waals surface area (Å²) < 4.78 is 40.8. The van der Waals surface area contributed by atoms with E-state index in [1.54, 1.807) is 14.2 Å². The Morgan fingerprint density at radius 1 is 1.25 bits per heavy atom. The molecule has 0 bridgehead atoms. The SMILES string of the molecule is COc1cc2c(cc1OC)[C@H]1CCOS(=O)(=O)N1CC2. The minimum atomic E-state index is -3.60. The molecule has 1 atom stereocenters. The maximum Gasteiger partial charge on any atom is 0.338 e. The summed E-state index contributed by atoms with van der Waals surface area (Å²) in [7, 11) is -0.430. The van der Waals surface area contributed by atoms with Crippen molar-refractivity contribution in [3.8, 4) is 11.5 Å². The van der Waals surface area contributed by atoms with Gasteiger partial charge in [0.1, 0.15) is 0 Å². The molecule has 1 aromatic rings. The molecular weight excluding hydrogens is 282 g/mol. The highest BCUT2D eigenvalue weighted by Crippen LogP contribution is 2.42. The largest absolute Gasteiger partial charge is 0.493 e. The van der Waals surface area contributed by atoms with Crippen molar-refractivity contribution in [1.82, 2.24) is 4.31 Å². The fraction of sp³-hybridized carbons (Fsp3) is 0.538. The quantitative estimate of drug-likeness (QED) is 0.823. The second-order valence-electron chi connectivity index (χ2n) is 4.85. The van der Waals surface area contributed by atoms with Gasteiger partial charge in [-0.05, 0) is 36.1 Å². The van der Waals surface area contributed by atoms with E-state index < -0.39 is 10.3 Å². The topological polar surface area (TPSA) is 65.1 Å². The van der Waals surface area contributed by atoms with Crippen LogP contribution >= 0.6 is 0 Å². The van der Waals surface area contributed by atoms with E-state index >= 15 is 0 Å². The Bertz CT molecular complexity index is 628. The molecule has 6 nitrogen and oxygen atoms in total. The summed E-state index contributed by atoms with van der Waals surface area (Å²) in [5.41, 5.74) is 2.10. The third kappa shape index (κ3) is 2.06. The van der Waals surface area contributed by atoms with E-state index in [0.29, 0.717) is 30.9 Å². The molecule has 7 heteroatoms. The molecule has 0 amide bonds. The lowest BCUT2D eigenvalue weighted by Crippen LogP contribution is -2.44. The van der Waals surface area contributed by atoms with Crippen LogP contribution < -0.4 is 9.47 Å². The molecule has 1 fully saturated rings. The van der Waals surface area contributed by atoms with Crippen molar-refractivity contribution in [2.24, 2.45) is 0 Å². The van der Waals surface area contributed by atoms with Gasteiger partial charge in [0.2, 0.25) is 0 Å². The average Bonchev–Trinajstić information content (AvgIpc) is 2.45. The van der Waals surface area contributed by atoms with Gasteiger partial charge in [0.15, 0.2) is 11.5 Å². The van der Waals surface area contributed by atoms with E-state index in [1.165, 1.54) is 4.31 Å². The Labute approximate surface area is 118 Å². The number of rotatable bonds is 2. The third-order valence-electron chi connectivity index (χ3n) is 3.86. The van der Waals surface area contributed by atoms with Crippen LogP contribution in [0.2, 0.25) is 0 Å². The van der Waals surface area contributed by atoms with E-state index in [9.17, 15) is 8.42 Å². The Balaban J connectivity index is 2.08. The van der Waals surface area contributed by atoms with Gasteiger partial charge >= 0.3 is 10.3 Å². The van der Waals surface area contributed by atoms with E-state index in [4.69, 9.17) is 13.7 Å². The normalized spacial score (nSPS) is 24.6. The number of hydrogen-bond donors (Lipinski definition) is 0. The molecule has 2 aliphatic heterocycles. The first-order valence-electron chi connectivity index (χ1n) is 6.48. The predicted molar refractivity (Wildman–Crippen MR) is 72.2 cm³/mol. The first kappa shape index (κ1) is 13.7. The van der Waals surface area contributed by atoms with Gasteiger partial charge in [-0.25, -0.2) is 0 Å². The number of benzene rings is 1. The Hall–Kier alpha value is -1.31. The van der Waals surface area contributed by atoms with Crippen LogP contribution in [-0.2, 0) is 20.9 Å². The van der Waals surface area contributed by atoms with Crippen molar-refractivity contribution >= 4 is 10.3 Å². The summed E-state index contributed by atoms with van der Waals surface area (Å²) in [5, 5.41) is 0. The van der Waals surface area contributed by atoms with Crippen LogP contribution in [0.1, 0.15) is 23.6 Å². The van der Waals surface area contributed by atoms with Gasteiger partial charge in [0, 0.05) is 6.54 Å². The van der Waals surface area contributed by atoms with Gasteiger partial charge in [0.05, 0.1) is 26.9 Å². The predicted octanol–water partition coefficient (Wildman–Crippen LogP) is 1.27. The summed E-state index contributed by atoms with van der Waals surface area (Å²) in [4.78, 5) is 0. The first-order valence-corrected chi connectivity index (χ1v) is 7.84. The van der Waals surface area contributed by atoms with Crippen molar-refractivity contribution in [3.05, 3.63) is 23.3 Å². The van der Waals surface area contributed by atoms with Crippen molar-refractivity contribution in [3.63, 3.8) is 0 Å². The molecule has 0 radical (unpaired) electrons. The molecule has 0 aliphatic carbocycles. The molecule has 0 aromatic heterocycles. The summed E-state index contributed by atoms with van der Waals surface area (Å²) in [5.74, 6) is 1.30. The molecule has 3 rings (SSSR count). The fourth-order valence-corrected chi connectivity index (χ4v) is 4.19. The van der Waals surface area contributed by atoms with Crippen molar-refractivity contribution in [1.29, 1.82) is 0 Å². The highest BCUT2D eigenvalue weighted by molar-refractivity contribution is 7.84. The lowest BCUT2D eigenvalue weighted by atomic mass is 9.92. The number of hydrogen-bond acceptors (Lipinski definition) is 5. The van der Waals surface area contributed by atoms with Crippen LogP contribution in [-0.4, -0.2) is 40.1 Å². The molecule has 2 aliphatic rings. The molecule has 1 aromatic carbocycles.